The van der Waals surface area contributed by atoms with Crippen molar-refractivity contribution in [3.05, 3.63) is 12.7 Å². The van der Waals surface area contributed by atoms with Crippen molar-refractivity contribution in [1.29, 1.82) is 0 Å². The van der Waals surface area contributed by atoms with Gasteiger partial charge in [-0.1, -0.05) is 6.58 Å². The highest BCUT2D eigenvalue weighted by Gasteiger charge is 2.19. The monoisotopic (exact) mass is 276 g/mol. The number of carbonyl (C=O) groups excluding carboxylic acids is 1. The van der Waals surface area contributed by atoms with E-state index < -0.39 is 20.4 Å². The van der Waals surface area contributed by atoms with Gasteiger partial charge in [-0.3, -0.25) is 0 Å². The first-order valence-electron chi connectivity index (χ1n) is 6.01. The van der Waals surface area contributed by atoms with Crippen molar-refractivity contribution in [3.8, 4) is 0 Å². The first-order chi connectivity index (χ1) is 8.41. The summed E-state index contributed by atoms with van der Waals surface area (Å²) in [5, 5.41) is 9.45. The van der Waals surface area contributed by atoms with Gasteiger partial charge in [-0.2, -0.15) is 0 Å². The van der Waals surface area contributed by atoms with Crippen molar-refractivity contribution in [2.45, 2.75) is 31.7 Å². The SMILES string of the molecule is C=CC(=O)OCC(O)COCCC[Si](C)(C)OC. The highest BCUT2D eigenvalue weighted by atomic mass is 28.4. The van der Waals surface area contributed by atoms with E-state index in [2.05, 4.69) is 24.4 Å². The molecule has 0 heterocycles. The number of aliphatic hydroxyl groups is 1. The van der Waals surface area contributed by atoms with Crippen LogP contribution in [0.1, 0.15) is 6.42 Å². The van der Waals surface area contributed by atoms with Crippen LogP contribution in [0.2, 0.25) is 19.1 Å². The maximum atomic E-state index is 10.7. The molecular formula is C12H24O5Si. The van der Waals surface area contributed by atoms with Crippen LogP contribution < -0.4 is 0 Å². The Morgan fingerprint density at radius 2 is 2.11 bits per heavy atom. The third-order valence-electron chi connectivity index (χ3n) is 2.51. The molecule has 0 aromatic carbocycles. The Labute approximate surface area is 110 Å². The molecular weight excluding hydrogens is 252 g/mol. The van der Waals surface area contributed by atoms with Crippen molar-refractivity contribution in [1.82, 2.24) is 0 Å². The minimum Gasteiger partial charge on any atom is -0.460 e. The molecule has 0 saturated carbocycles. The second-order valence-corrected chi connectivity index (χ2v) is 9.06. The van der Waals surface area contributed by atoms with Crippen molar-refractivity contribution in [2.24, 2.45) is 0 Å². The summed E-state index contributed by atoms with van der Waals surface area (Å²) in [5.74, 6) is -0.540. The fourth-order valence-corrected chi connectivity index (χ4v) is 2.41. The Balaban J connectivity index is 3.49. The average Bonchev–Trinajstić information content (AvgIpc) is 2.35. The van der Waals surface area contributed by atoms with Crippen LogP contribution in [0.15, 0.2) is 12.7 Å². The van der Waals surface area contributed by atoms with Crippen molar-refractivity contribution >= 4 is 14.3 Å². The van der Waals surface area contributed by atoms with E-state index in [0.717, 1.165) is 18.5 Å². The fourth-order valence-electron chi connectivity index (χ4n) is 1.21. The predicted molar refractivity (Wildman–Crippen MR) is 71.9 cm³/mol. The molecule has 0 bridgehead atoms. The second kappa shape index (κ2) is 9.27. The van der Waals surface area contributed by atoms with Gasteiger partial charge < -0.3 is 19.0 Å². The smallest absolute Gasteiger partial charge is 0.330 e. The van der Waals surface area contributed by atoms with Crippen LogP contribution >= 0.6 is 0 Å². The first-order valence-corrected chi connectivity index (χ1v) is 9.13. The van der Waals surface area contributed by atoms with Gasteiger partial charge in [0, 0.05) is 19.8 Å². The number of carbonyl (C=O) groups is 1. The van der Waals surface area contributed by atoms with E-state index in [0.29, 0.717) is 6.61 Å². The van der Waals surface area contributed by atoms with Crippen LogP contribution in [-0.4, -0.2) is 52.4 Å². The summed E-state index contributed by atoms with van der Waals surface area (Å²) in [4.78, 5) is 10.7. The molecule has 0 aromatic heterocycles. The van der Waals surface area contributed by atoms with Crippen molar-refractivity contribution < 1.29 is 23.8 Å². The molecule has 1 N–H and O–H groups in total. The van der Waals surface area contributed by atoms with E-state index in [1.54, 1.807) is 7.11 Å². The van der Waals surface area contributed by atoms with Crippen LogP contribution in [0.5, 0.6) is 0 Å². The molecule has 0 radical (unpaired) electrons. The number of hydrogen-bond donors (Lipinski definition) is 1. The van der Waals surface area contributed by atoms with E-state index in [-0.39, 0.29) is 13.2 Å². The van der Waals surface area contributed by atoms with Crippen LogP contribution in [0.4, 0.5) is 0 Å². The summed E-state index contributed by atoms with van der Waals surface area (Å²) in [7, 11) is 0.228. The van der Waals surface area contributed by atoms with Crippen LogP contribution in [0, 0.1) is 0 Å². The molecule has 0 aliphatic carbocycles. The highest BCUT2D eigenvalue weighted by Crippen LogP contribution is 2.12. The molecule has 0 spiro atoms. The molecule has 0 saturated heterocycles. The van der Waals surface area contributed by atoms with Crippen molar-refractivity contribution in [2.75, 3.05) is 26.9 Å². The van der Waals surface area contributed by atoms with E-state index in [4.69, 9.17) is 9.16 Å². The van der Waals surface area contributed by atoms with Gasteiger partial charge in [-0.15, -0.1) is 0 Å². The molecule has 18 heavy (non-hydrogen) atoms. The Morgan fingerprint density at radius 3 is 2.67 bits per heavy atom. The summed E-state index contributed by atoms with van der Waals surface area (Å²) < 4.78 is 15.4. The molecule has 106 valence electrons. The highest BCUT2D eigenvalue weighted by molar-refractivity contribution is 6.71. The molecule has 0 amide bonds. The zero-order chi connectivity index (χ0) is 14.0. The molecule has 1 unspecified atom stereocenters. The lowest BCUT2D eigenvalue weighted by atomic mass is 10.4. The minimum atomic E-state index is -1.51. The standard InChI is InChI=1S/C12H24O5Si/c1-5-12(14)17-10-11(13)9-16-7-6-8-18(3,4)15-2/h5,11,13H,1,6-10H2,2-4H3. The lowest BCUT2D eigenvalue weighted by Gasteiger charge is -2.19. The Kier molecular flexibility index (Phi) is 8.91. The summed E-state index contributed by atoms with van der Waals surface area (Å²) in [6.45, 7) is 8.23. The van der Waals surface area contributed by atoms with E-state index in [1.807, 2.05) is 0 Å². The molecule has 6 heteroatoms. The summed E-state index contributed by atoms with van der Waals surface area (Å²) in [6, 6.07) is 1.02. The van der Waals surface area contributed by atoms with E-state index in [9.17, 15) is 9.90 Å². The van der Waals surface area contributed by atoms with Gasteiger partial charge in [0.25, 0.3) is 0 Å². The summed E-state index contributed by atoms with van der Waals surface area (Å²) >= 11 is 0. The van der Waals surface area contributed by atoms with Gasteiger partial charge in [0.1, 0.15) is 12.7 Å². The van der Waals surface area contributed by atoms with Crippen LogP contribution in [0.25, 0.3) is 0 Å². The number of rotatable bonds is 10. The van der Waals surface area contributed by atoms with Gasteiger partial charge in [0.2, 0.25) is 0 Å². The molecule has 5 nitrogen and oxygen atoms in total. The van der Waals surface area contributed by atoms with Crippen molar-refractivity contribution in [3.63, 3.8) is 0 Å². The number of ether oxygens (including phenoxy) is 2. The van der Waals surface area contributed by atoms with Gasteiger partial charge >= 0.3 is 5.97 Å². The maximum Gasteiger partial charge on any atom is 0.330 e. The zero-order valence-corrected chi connectivity index (χ0v) is 12.5. The Hall–Kier alpha value is -0.693. The van der Waals surface area contributed by atoms with E-state index >= 15 is 0 Å². The lowest BCUT2D eigenvalue weighted by Crippen LogP contribution is -2.29. The molecule has 0 rings (SSSR count). The third kappa shape index (κ3) is 9.35. The predicted octanol–water partition coefficient (Wildman–Crippen LogP) is 1.33. The van der Waals surface area contributed by atoms with Gasteiger partial charge in [-0.05, 0) is 25.6 Å². The number of aliphatic hydroxyl groups excluding tert-OH is 1. The van der Waals surface area contributed by atoms with Crippen LogP contribution in [-0.2, 0) is 18.7 Å². The summed E-state index contributed by atoms with van der Waals surface area (Å²) in [6.07, 6.45) is 1.18. The number of esters is 1. The quantitative estimate of drug-likeness (QED) is 0.282. The normalized spacial score (nSPS) is 13.1. The number of hydrogen-bond acceptors (Lipinski definition) is 5. The molecule has 0 aromatic rings. The Morgan fingerprint density at radius 1 is 1.44 bits per heavy atom. The molecule has 1 atom stereocenters. The average molecular weight is 276 g/mol. The topological polar surface area (TPSA) is 65.0 Å². The maximum absolute atomic E-state index is 10.7. The van der Waals surface area contributed by atoms with Gasteiger partial charge in [0.15, 0.2) is 8.32 Å². The molecule has 0 fully saturated rings. The van der Waals surface area contributed by atoms with Gasteiger partial charge in [-0.25, -0.2) is 4.79 Å². The summed E-state index contributed by atoms with van der Waals surface area (Å²) in [5.41, 5.74) is 0. The second-order valence-electron chi connectivity index (χ2n) is 4.63. The minimum absolute atomic E-state index is 0.0663. The third-order valence-corrected chi connectivity index (χ3v) is 5.18. The largest absolute Gasteiger partial charge is 0.460 e. The zero-order valence-electron chi connectivity index (χ0n) is 11.5. The van der Waals surface area contributed by atoms with Crippen LogP contribution in [0.3, 0.4) is 0 Å². The Bertz CT molecular complexity index is 255. The fraction of sp³-hybridized carbons (Fsp3) is 0.750. The van der Waals surface area contributed by atoms with Gasteiger partial charge in [0.05, 0.1) is 6.61 Å². The first kappa shape index (κ1) is 17.3. The lowest BCUT2D eigenvalue weighted by molar-refractivity contribution is -0.141. The molecule has 0 aliphatic heterocycles. The molecule has 0 aliphatic rings. The van der Waals surface area contributed by atoms with E-state index in [1.165, 1.54) is 0 Å².